The van der Waals surface area contributed by atoms with Gasteiger partial charge in [0.15, 0.2) is 22.3 Å². The van der Waals surface area contributed by atoms with E-state index in [1.165, 1.54) is 11.1 Å². The van der Waals surface area contributed by atoms with Crippen molar-refractivity contribution in [1.29, 1.82) is 0 Å². The normalized spacial score (nSPS) is 41.6. The lowest BCUT2D eigenvalue weighted by atomic mass is 9.74. The molecule has 2 N–H and O–H groups in total. The predicted octanol–water partition coefficient (Wildman–Crippen LogP) is 3.28. The fraction of sp³-hybridized carbons (Fsp3) is 0.583. The van der Waals surface area contributed by atoms with Gasteiger partial charge in [0.05, 0.1) is 6.92 Å². The molecule has 2 heteroatoms. The minimum atomic E-state index is -0.428. The maximum Gasteiger partial charge on any atom is 0.191 e. The zero-order valence-corrected chi connectivity index (χ0v) is 9.39. The van der Waals surface area contributed by atoms with Crippen molar-refractivity contribution in [3.8, 4) is 0 Å². The van der Waals surface area contributed by atoms with E-state index < -0.39 is 10.8 Å². The third-order valence-electron chi connectivity index (χ3n) is 4.73. The van der Waals surface area contributed by atoms with E-state index in [0.29, 0.717) is 0 Å². The molecule has 2 aliphatic rings. The Balaban J connectivity index is 2.75. The summed E-state index contributed by atoms with van der Waals surface area (Å²) in [7, 11) is 0. The van der Waals surface area contributed by atoms with Crippen molar-refractivity contribution in [1.82, 2.24) is 0 Å². The van der Waals surface area contributed by atoms with Gasteiger partial charge in [-0.2, -0.15) is 0 Å². The smallest absolute Gasteiger partial charge is 0.191 e. The summed E-state index contributed by atoms with van der Waals surface area (Å²) < 4.78 is 0. The molecule has 76 valence electrons. The van der Waals surface area contributed by atoms with Crippen LogP contribution >= 0.6 is 0 Å². The minimum absolute atomic E-state index is 0.139. The Morgan fingerprint density at radius 1 is 0.929 bits per heavy atom. The summed E-state index contributed by atoms with van der Waals surface area (Å²) >= 11 is 0. The first-order chi connectivity index (χ1) is 6.29. The first-order valence-corrected chi connectivity index (χ1v) is 4.95. The average molecular weight is 193 g/mol. The molecule has 0 saturated carbocycles. The number of hydrogen-bond acceptors (Lipinski definition) is 2. The Labute approximate surface area is 85.0 Å². The van der Waals surface area contributed by atoms with Crippen LogP contribution in [0.1, 0.15) is 34.6 Å². The van der Waals surface area contributed by atoms with Crippen LogP contribution in [-0.2, 0) is 0 Å². The molecular weight excluding hydrogens is 176 g/mol. The van der Waals surface area contributed by atoms with E-state index >= 15 is 0 Å². The lowest BCUT2D eigenvalue weighted by Crippen LogP contribution is -2.23. The monoisotopic (exact) mass is 193 g/mol. The van der Waals surface area contributed by atoms with Gasteiger partial charge in [-0.15, -0.1) is 0 Å². The Morgan fingerprint density at radius 3 is 1.43 bits per heavy atom. The molecule has 0 saturated heterocycles. The highest BCUT2D eigenvalue weighted by molar-refractivity contribution is 5.59. The van der Waals surface area contributed by atoms with Crippen LogP contribution in [0.15, 0.2) is 22.7 Å². The van der Waals surface area contributed by atoms with Crippen molar-refractivity contribution in [2.24, 2.45) is 10.8 Å². The molecule has 0 spiro atoms. The fourth-order valence-corrected chi connectivity index (χ4v) is 3.00. The summed E-state index contributed by atoms with van der Waals surface area (Å²) in [4.78, 5) is 0. The summed E-state index contributed by atoms with van der Waals surface area (Å²) in [5.41, 5.74) is 1.49. The molecule has 0 radical (unpaired) electrons. The summed E-state index contributed by atoms with van der Waals surface area (Å²) in [6.45, 7) is 10.0. The number of rotatable bonds is 0. The van der Waals surface area contributed by atoms with E-state index in [1.807, 2.05) is 34.6 Å². The van der Waals surface area contributed by atoms with Crippen LogP contribution in [0, 0.1) is 16.7 Å². The maximum absolute atomic E-state index is 9.95. The average Bonchev–Trinajstić information content (AvgIpc) is 2.37. The number of allylic oxidation sites excluding steroid dienone is 2. The van der Waals surface area contributed by atoms with Gasteiger partial charge >= 0.3 is 0 Å². The standard InChI is InChI=1S/C12H16O2/c1-6-7(2)12(5)8(3)11(6,4)9(13)10(12)14/h1-5H3,(H-,13,14)/p+1. The van der Waals surface area contributed by atoms with Crippen LogP contribution in [0.25, 0.3) is 0 Å². The number of aliphatic hydroxyl groups is 2. The first-order valence-electron chi connectivity index (χ1n) is 4.95. The Bertz CT molecular complexity index is 314. The molecule has 2 unspecified atom stereocenters. The summed E-state index contributed by atoms with van der Waals surface area (Å²) in [6, 6.07) is 0. The molecule has 0 aromatic carbocycles. The molecule has 0 amide bonds. The molecule has 0 aromatic rings. The third-order valence-corrected chi connectivity index (χ3v) is 4.73. The topological polar surface area (TPSA) is 40.5 Å². The molecule has 2 bridgehead atoms. The van der Waals surface area contributed by atoms with Crippen LogP contribution < -0.4 is 0 Å². The van der Waals surface area contributed by atoms with E-state index in [4.69, 9.17) is 0 Å². The van der Waals surface area contributed by atoms with Crippen molar-refractivity contribution in [2.75, 3.05) is 0 Å². The number of hydrogen-bond donors (Lipinski definition) is 2. The molecule has 2 atom stereocenters. The van der Waals surface area contributed by atoms with Gasteiger partial charge in [-0.3, -0.25) is 0 Å². The van der Waals surface area contributed by atoms with E-state index in [0.717, 1.165) is 5.92 Å². The minimum Gasteiger partial charge on any atom is -0.504 e. The second-order valence-electron chi connectivity index (χ2n) is 4.82. The van der Waals surface area contributed by atoms with Crippen molar-refractivity contribution >= 4 is 0 Å². The van der Waals surface area contributed by atoms with E-state index in [-0.39, 0.29) is 11.5 Å². The molecule has 2 aliphatic carbocycles. The van der Waals surface area contributed by atoms with Crippen LogP contribution in [0.4, 0.5) is 0 Å². The summed E-state index contributed by atoms with van der Waals surface area (Å²) in [6.07, 6.45) is 0. The first kappa shape index (κ1) is 9.50. The lowest BCUT2D eigenvalue weighted by molar-refractivity contribution is 0.255. The molecule has 14 heavy (non-hydrogen) atoms. The van der Waals surface area contributed by atoms with Crippen LogP contribution in [-0.4, -0.2) is 10.2 Å². The largest absolute Gasteiger partial charge is 0.504 e. The van der Waals surface area contributed by atoms with Crippen LogP contribution in [0.5, 0.6) is 0 Å². The maximum atomic E-state index is 9.95. The highest BCUT2D eigenvalue weighted by Crippen LogP contribution is 2.69. The van der Waals surface area contributed by atoms with Gasteiger partial charge in [-0.1, -0.05) is 0 Å². The molecule has 0 heterocycles. The quantitative estimate of drug-likeness (QED) is 0.458. The van der Waals surface area contributed by atoms with Gasteiger partial charge < -0.3 is 10.2 Å². The van der Waals surface area contributed by atoms with Gasteiger partial charge in [-0.05, 0) is 38.8 Å². The Hall–Kier alpha value is -1.05. The van der Waals surface area contributed by atoms with Crippen molar-refractivity contribution in [3.05, 3.63) is 28.6 Å². The molecule has 0 aliphatic heterocycles. The highest BCUT2D eigenvalue weighted by Gasteiger charge is 2.73. The Kier molecular flexibility index (Phi) is 1.44. The molecule has 2 nitrogen and oxygen atoms in total. The SMILES string of the molecule is CC1=C(C)C2(C)C(O)=C(O)C1(C)[C+]2C. The van der Waals surface area contributed by atoms with Gasteiger partial charge in [0.1, 0.15) is 5.92 Å². The second kappa shape index (κ2) is 2.13. The molecular formula is C12H17O2+. The van der Waals surface area contributed by atoms with Crippen molar-refractivity contribution in [3.63, 3.8) is 0 Å². The van der Waals surface area contributed by atoms with Crippen LogP contribution in [0.3, 0.4) is 0 Å². The predicted molar refractivity (Wildman–Crippen MR) is 55.8 cm³/mol. The number of aliphatic hydroxyl groups excluding tert-OH is 2. The second-order valence-corrected chi connectivity index (χ2v) is 4.82. The zero-order chi connectivity index (χ0) is 10.9. The zero-order valence-electron chi connectivity index (χ0n) is 9.39. The molecule has 0 aromatic heterocycles. The Morgan fingerprint density at radius 2 is 1.21 bits per heavy atom. The van der Waals surface area contributed by atoms with Crippen molar-refractivity contribution in [2.45, 2.75) is 34.6 Å². The van der Waals surface area contributed by atoms with Crippen molar-refractivity contribution < 1.29 is 10.2 Å². The molecule has 0 fully saturated rings. The van der Waals surface area contributed by atoms with E-state index in [9.17, 15) is 10.2 Å². The van der Waals surface area contributed by atoms with E-state index in [2.05, 4.69) is 0 Å². The van der Waals surface area contributed by atoms with Gasteiger partial charge in [-0.25, -0.2) is 0 Å². The summed E-state index contributed by atoms with van der Waals surface area (Å²) in [5.74, 6) is 1.41. The third kappa shape index (κ3) is 0.588. The number of fused-ring (bicyclic) bond motifs is 2. The molecule has 2 rings (SSSR count). The fourth-order valence-electron chi connectivity index (χ4n) is 3.00. The van der Waals surface area contributed by atoms with Gasteiger partial charge in [0.25, 0.3) is 0 Å². The van der Waals surface area contributed by atoms with E-state index in [1.54, 1.807) is 0 Å². The van der Waals surface area contributed by atoms with Crippen LogP contribution in [0.2, 0.25) is 0 Å². The lowest BCUT2D eigenvalue weighted by Gasteiger charge is -2.19. The highest BCUT2D eigenvalue weighted by atomic mass is 16.3. The summed E-state index contributed by atoms with van der Waals surface area (Å²) in [5, 5.41) is 19.9. The van der Waals surface area contributed by atoms with Gasteiger partial charge in [0, 0.05) is 0 Å². The van der Waals surface area contributed by atoms with Gasteiger partial charge in [0.2, 0.25) is 0 Å².